The molecule has 2 rings (SSSR count). The summed E-state index contributed by atoms with van der Waals surface area (Å²) in [6, 6.07) is 5.98. The number of aryl methyl sites for hydroxylation is 2. The minimum atomic E-state index is -4.51. The summed E-state index contributed by atoms with van der Waals surface area (Å²) in [5.74, 6) is -0.787. The number of benzene rings is 1. The van der Waals surface area contributed by atoms with Crippen LogP contribution in [0, 0.1) is 18.3 Å². The number of carbonyl (C=O) groups excluding carboxylic acids is 1. The lowest BCUT2D eigenvalue weighted by atomic mass is 10.1. The molecule has 1 aromatic heterocycles. The first-order valence-corrected chi connectivity index (χ1v) is 7.39. The predicted molar refractivity (Wildman–Crippen MR) is 86.3 cm³/mol. The molecule has 1 aromatic carbocycles. The Morgan fingerprint density at radius 3 is 2.72 bits per heavy atom. The molecule has 0 radical (unpaired) electrons. The smallest absolute Gasteiger partial charge is 0.321 e. The van der Waals surface area contributed by atoms with E-state index in [0.717, 1.165) is 12.1 Å². The maximum atomic E-state index is 12.7. The molecule has 0 aliphatic heterocycles. The molecule has 2 aromatic rings. The van der Waals surface area contributed by atoms with Gasteiger partial charge in [0.25, 0.3) is 5.91 Å². The number of anilines is 1. The molecular weight excluding hydrogens is 333 g/mol. The van der Waals surface area contributed by atoms with Crippen molar-refractivity contribution in [1.82, 2.24) is 9.78 Å². The van der Waals surface area contributed by atoms with Crippen LogP contribution in [0.15, 0.2) is 36.0 Å². The fraction of sp³-hybridized carbons (Fsp3) is 0.235. The van der Waals surface area contributed by atoms with Crippen LogP contribution in [0.4, 0.5) is 18.9 Å². The molecule has 130 valence electrons. The lowest BCUT2D eigenvalue weighted by Crippen LogP contribution is -2.14. The molecular formula is C17H15F3N4O. The SMILES string of the molecule is CCn1cc(C=C(C#N)C(=O)Nc2cccc(C(F)(F)F)c2)c(C)n1. The Balaban J connectivity index is 2.25. The first-order chi connectivity index (χ1) is 11.7. The average molecular weight is 348 g/mol. The summed E-state index contributed by atoms with van der Waals surface area (Å²) in [4.78, 5) is 12.2. The number of hydrogen-bond acceptors (Lipinski definition) is 3. The second kappa shape index (κ2) is 7.21. The van der Waals surface area contributed by atoms with Crippen molar-refractivity contribution in [3.05, 3.63) is 52.9 Å². The summed E-state index contributed by atoms with van der Waals surface area (Å²) in [5.41, 5.74) is 0.0880. The zero-order chi connectivity index (χ0) is 18.6. The lowest BCUT2D eigenvalue weighted by molar-refractivity contribution is -0.137. The minimum absolute atomic E-state index is 0.0399. The Kier molecular flexibility index (Phi) is 5.27. The maximum Gasteiger partial charge on any atom is 0.416 e. The number of halogens is 3. The molecule has 0 saturated heterocycles. The topological polar surface area (TPSA) is 70.7 Å². The number of amides is 1. The van der Waals surface area contributed by atoms with Crippen LogP contribution in [-0.4, -0.2) is 15.7 Å². The zero-order valence-electron chi connectivity index (χ0n) is 13.6. The van der Waals surface area contributed by atoms with Gasteiger partial charge in [0.1, 0.15) is 11.6 Å². The first kappa shape index (κ1) is 18.3. The summed E-state index contributed by atoms with van der Waals surface area (Å²) in [6.07, 6.45) is -1.47. The number of nitrogens with one attached hydrogen (secondary N) is 1. The van der Waals surface area contributed by atoms with Crippen LogP contribution < -0.4 is 5.32 Å². The van der Waals surface area contributed by atoms with Gasteiger partial charge < -0.3 is 5.32 Å². The molecule has 0 bridgehead atoms. The third-order valence-corrected chi connectivity index (χ3v) is 3.42. The number of rotatable bonds is 4. The summed E-state index contributed by atoms with van der Waals surface area (Å²) in [6.45, 7) is 4.26. The van der Waals surface area contributed by atoms with Crippen molar-refractivity contribution in [1.29, 1.82) is 5.26 Å². The molecule has 0 aliphatic rings. The van der Waals surface area contributed by atoms with E-state index in [4.69, 9.17) is 0 Å². The number of hydrogen-bond donors (Lipinski definition) is 1. The third kappa shape index (κ3) is 4.47. The number of carbonyl (C=O) groups is 1. The van der Waals surface area contributed by atoms with Crippen molar-refractivity contribution in [2.24, 2.45) is 0 Å². The van der Waals surface area contributed by atoms with E-state index >= 15 is 0 Å². The fourth-order valence-corrected chi connectivity index (χ4v) is 2.11. The Morgan fingerprint density at radius 2 is 2.16 bits per heavy atom. The average Bonchev–Trinajstić information content (AvgIpc) is 2.92. The van der Waals surface area contributed by atoms with Crippen LogP contribution in [0.2, 0.25) is 0 Å². The van der Waals surface area contributed by atoms with Gasteiger partial charge in [-0.15, -0.1) is 0 Å². The van der Waals surface area contributed by atoms with Crippen LogP contribution in [0.3, 0.4) is 0 Å². The van der Waals surface area contributed by atoms with Crippen LogP contribution >= 0.6 is 0 Å². The molecule has 1 N–H and O–H groups in total. The first-order valence-electron chi connectivity index (χ1n) is 7.39. The number of aromatic nitrogens is 2. The highest BCUT2D eigenvalue weighted by atomic mass is 19.4. The van der Waals surface area contributed by atoms with Gasteiger partial charge in [-0.1, -0.05) is 6.07 Å². The Morgan fingerprint density at radius 1 is 1.44 bits per heavy atom. The maximum absolute atomic E-state index is 12.7. The van der Waals surface area contributed by atoms with Gasteiger partial charge in [0.15, 0.2) is 0 Å². The van der Waals surface area contributed by atoms with Crippen LogP contribution in [0.5, 0.6) is 0 Å². The van der Waals surface area contributed by atoms with Gasteiger partial charge in [-0.2, -0.15) is 23.5 Å². The predicted octanol–water partition coefficient (Wildman–Crippen LogP) is 3.78. The van der Waals surface area contributed by atoms with Gasteiger partial charge in [0.2, 0.25) is 0 Å². The van der Waals surface area contributed by atoms with E-state index < -0.39 is 17.6 Å². The Bertz CT molecular complexity index is 860. The van der Waals surface area contributed by atoms with Crippen molar-refractivity contribution >= 4 is 17.7 Å². The monoisotopic (exact) mass is 348 g/mol. The molecule has 0 spiro atoms. The molecule has 1 heterocycles. The van der Waals surface area contributed by atoms with E-state index in [1.165, 1.54) is 18.2 Å². The molecule has 0 unspecified atom stereocenters. The molecule has 0 saturated carbocycles. The highest BCUT2D eigenvalue weighted by Crippen LogP contribution is 2.30. The van der Waals surface area contributed by atoms with E-state index in [2.05, 4.69) is 10.4 Å². The van der Waals surface area contributed by atoms with Crippen LogP contribution in [-0.2, 0) is 17.5 Å². The van der Waals surface area contributed by atoms with Crippen molar-refractivity contribution in [3.63, 3.8) is 0 Å². The van der Waals surface area contributed by atoms with Gasteiger partial charge in [-0.3, -0.25) is 9.48 Å². The Hall–Kier alpha value is -3.08. The van der Waals surface area contributed by atoms with E-state index in [0.29, 0.717) is 17.8 Å². The molecule has 8 heteroatoms. The lowest BCUT2D eigenvalue weighted by Gasteiger charge is -2.09. The summed E-state index contributed by atoms with van der Waals surface area (Å²) < 4.78 is 39.8. The molecule has 1 amide bonds. The van der Waals surface area contributed by atoms with E-state index in [1.54, 1.807) is 23.9 Å². The van der Waals surface area contributed by atoms with Crippen molar-refractivity contribution in [2.75, 3.05) is 5.32 Å². The largest absolute Gasteiger partial charge is 0.416 e. The van der Waals surface area contributed by atoms with Gasteiger partial charge >= 0.3 is 6.18 Å². The molecule has 0 atom stereocenters. The summed E-state index contributed by atoms with van der Waals surface area (Å²) >= 11 is 0. The van der Waals surface area contributed by atoms with Crippen LogP contribution in [0.1, 0.15) is 23.7 Å². The van der Waals surface area contributed by atoms with Crippen LogP contribution in [0.25, 0.3) is 6.08 Å². The molecule has 5 nitrogen and oxygen atoms in total. The summed E-state index contributed by atoms with van der Waals surface area (Å²) in [7, 11) is 0. The van der Waals surface area contributed by atoms with Crippen molar-refractivity contribution in [3.8, 4) is 6.07 Å². The normalized spacial score (nSPS) is 11.9. The van der Waals surface area contributed by atoms with Gasteiger partial charge in [-0.05, 0) is 38.1 Å². The Labute approximate surface area is 142 Å². The summed E-state index contributed by atoms with van der Waals surface area (Å²) in [5, 5.41) is 15.7. The van der Waals surface area contributed by atoms with Gasteiger partial charge in [0, 0.05) is 24.0 Å². The second-order valence-electron chi connectivity index (χ2n) is 5.23. The number of alkyl halides is 3. The highest BCUT2D eigenvalue weighted by molar-refractivity contribution is 6.09. The minimum Gasteiger partial charge on any atom is -0.321 e. The molecule has 0 aliphatic carbocycles. The number of nitrogens with zero attached hydrogens (tertiary/aromatic N) is 3. The van der Waals surface area contributed by atoms with E-state index in [1.807, 2.05) is 6.92 Å². The van der Waals surface area contributed by atoms with Gasteiger partial charge in [0.05, 0.1) is 11.3 Å². The van der Waals surface area contributed by atoms with Crippen molar-refractivity contribution in [2.45, 2.75) is 26.6 Å². The standard InChI is InChI=1S/C17H15F3N4O/c1-3-24-10-13(11(2)23-24)7-12(9-21)16(25)22-15-6-4-5-14(8-15)17(18,19)20/h4-8,10H,3H2,1-2H3,(H,22,25). The van der Waals surface area contributed by atoms with Gasteiger partial charge in [-0.25, -0.2) is 0 Å². The van der Waals surface area contributed by atoms with E-state index in [-0.39, 0.29) is 11.3 Å². The second-order valence-corrected chi connectivity index (χ2v) is 5.23. The van der Waals surface area contributed by atoms with E-state index in [9.17, 15) is 23.2 Å². The zero-order valence-corrected chi connectivity index (χ0v) is 13.6. The third-order valence-electron chi connectivity index (χ3n) is 3.42. The number of nitriles is 1. The fourth-order valence-electron chi connectivity index (χ4n) is 2.11. The highest BCUT2D eigenvalue weighted by Gasteiger charge is 2.30. The molecule has 25 heavy (non-hydrogen) atoms. The quantitative estimate of drug-likeness (QED) is 0.675. The van der Waals surface area contributed by atoms with Crippen molar-refractivity contribution < 1.29 is 18.0 Å². The molecule has 0 fully saturated rings.